The van der Waals surface area contributed by atoms with Crippen molar-refractivity contribution in [3.63, 3.8) is 0 Å². The van der Waals surface area contributed by atoms with Crippen LogP contribution in [0, 0.1) is 10.1 Å². The molecular weight excluding hydrogens is 464 g/mol. The van der Waals surface area contributed by atoms with E-state index in [-0.39, 0.29) is 29.1 Å². The number of halogens is 1. The van der Waals surface area contributed by atoms with Crippen molar-refractivity contribution in [3.05, 3.63) is 68.2 Å². The Kier molecular flexibility index (Phi) is 7.27. The molecule has 0 saturated carbocycles. The summed E-state index contributed by atoms with van der Waals surface area (Å²) in [4.78, 5) is 39.2. The SMILES string of the molecule is CC[C@@H](NC(=O)c1ccc(N2CCN(C(C)=O)CC2)c([N+](=O)[O-])c1)c1ccc(Br)cc1. The van der Waals surface area contributed by atoms with Crippen molar-refractivity contribution in [2.75, 3.05) is 31.1 Å². The van der Waals surface area contributed by atoms with Crippen LogP contribution in [0.2, 0.25) is 0 Å². The average molecular weight is 489 g/mol. The Hall–Kier alpha value is -2.94. The summed E-state index contributed by atoms with van der Waals surface area (Å²) in [5, 5.41) is 14.7. The van der Waals surface area contributed by atoms with E-state index in [0.29, 0.717) is 38.3 Å². The number of nitrogens with zero attached hydrogens (tertiary/aromatic N) is 3. The number of anilines is 1. The van der Waals surface area contributed by atoms with Gasteiger partial charge in [0, 0.05) is 49.2 Å². The highest BCUT2D eigenvalue weighted by Gasteiger charge is 2.26. The maximum atomic E-state index is 12.8. The number of nitro groups is 1. The van der Waals surface area contributed by atoms with Crippen LogP contribution in [0.15, 0.2) is 46.9 Å². The highest BCUT2D eigenvalue weighted by atomic mass is 79.9. The van der Waals surface area contributed by atoms with E-state index in [4.69, 9.17) is 0 Å². The summed E-state index contributed by atoms with van der Waals surface area (Å²) >= 11 is 3.40. The molecule has 1 saturated heterocycles. The van der Waals surface area contributed by atoms with Gasteiger partial charge in [-0.25, -0.2) is 0 Å². The quantitative estimate of drug-likeness (QED) is 0.491. The number of nitro benzene ring substituents is 1. The fourth-order valence-electron chi connectivity index (χ4n) is 3.70. The minimum Gasteiger partial charge on any atom is -0.362 e. The van der Waals surface area contributed by atoms with E-state index in [2.05, 4.69) is 21.2 Å². The Morgan fingerprint density at radius 2 is 1.77 bits per heavy atom. The molecule has 8 nitrogen and oxygen atoms in total. The van der Waals surface area contributed by atoms with Crippen LogP contribution < -0.4 is 10.2 Å². The monoisotopic (exact) mass is 488 g/mol. The van der Waals surface area contributed by atoms with E-state index in [1.807, 2.05) is 36.1 Å². The molecular formula is C22H25BrN4O4. The van der Waals surface area contributed by atoms with E-state index >= 15 is 0 Å². The molecule has 3 rings (SSSR count). The zero-order valence-electron chi connectivity index (χ0n) is 17.5. The summed E-state index contributed by atoms with van der Waals surface area (Å²) in [5.41, 5.74) is 1.56. The lowest BCUT2D eigenvalue weighted by Gasteiger charge is -2.35. The van der Waals surface area contributed by atoms with Crippen LogP contribution in [-0.2, 0) is 4.79 Å². The number of hydrogen-bond donors (Lipinski definition) is 1. The molecule has 1 aliphatic rings. The minimum atomic E-state index is -0.463. The Balaban J connectivity index is 1.78. The molecule has 164 valence electrons. The molecule has 0 spiro atoms. The molecule has 0 bridgehead atoms. The molecule has 1 N–H and O–H groups in total. The first-order valence-electron chi connectivity index (χ1n) is 10.2. The number of carbonyl (C=O) groups is 2. The zero-order valence-corrected chi connectivity index (χ0v) is 19.1. The largest absolute Gasteiger partial charge is 0.362 e. The van der Waals surface area contributed by atoms with Crippen LogP contribution in [0.1, 0.15) is 42.2 Å². The lowest BCUT2D eigenvalue weighted by atomic mass is 10.0. The second-order valence-electron chi connectivity index (χ2n) is 7.44. The molecule has 2 aromatic carbocycles. The highest BCUT2D eigenvalue weighted by molar-refractivity contribution is 9.10. The number of rotatable bonds is 6. The average Bonchev–Trinajstić information content (AvgIpc) is 2.77. The van der Waals surface area contributed by atoms with E-state index in [1.165, 1.54) is 13.0 Å². The van der Waals surface area contributed by atoms with Gasteiger partial charge < -0.3 is 15.1 Å². The summed E-state index contributed by atoms with van der Waals surface area (Å²) in [5.74, 6) is -0.358. The summed E-state index contributed by atoms with van der Waals surface area (Å²) in [7, 11) is 0. The van der Waals surface area contributed by atoms with Gasteiger partial charge in [0.2, 0.25) is 5.91 Å². The maximum absolute atomic E-state index is 12.8. The molecule has 2 amide bonds. The summed E-state index contributed by atoms with van der Waals surface area (Å²) in [6, 6.07) is 12.1. The topological polar surface area (TPSA) is 95.8 Å². The summed E-state index contributed by atoms with van der Waals surface area (Å²) in [6.45, 7) is 5.53. The smallest absolute Gasteiger partial charge is 0.293 e. The molecule has 0 aliphatic carbocycles. The van der Waals surface area contributed by atoms with Crippen LogP contribution in [0.5, 0.6) is 0 Å². The normalized spacial score (nSPS) is 14.8. The van der Waals surface area contributed by atoms with Crippen molar-refractivity contribution < 1.29 is 14.5 Å². The van der Waals surface area contributed by atoms with E-state index < -0.39 is 4.92 Å². The van der Waals surface area contributed by atoms with Gasteiger partial charge in [-0.05, 0) is 36.2 Å². The Morgan fingerprint density at radius 3 is 2.32 bits per heavy atom. The fourth-order valence-corrected chi connectivity index (χ4v) is 3.96. The van der Waals surface area contributed by atoms with Crippen molar-refractivity contribution in [1.29, 1.82) is 0 Å². The molecule has 9 heteroatoms. The Morgan fingerprint density at radius 1 is 1.13 bits per heavy atom. The van der Waals surface area contributed by atoms with Gasteiger partial charge in [-0.15, -0.1) is 0 Å². The van der Waals surface area contributed by atoms with Gasteiger partial charge in [0.15, 0.2) is 0 Å². The minimum absolute atomic E-state index is 0.00239. The maximum Gasteiger partial charge on any atom is 0.293 e. The van der Waals surface area contributed by atoms with Crippen LogP contribution >= 0.6 is 15.9 Å². The molecule has 0 unspecified atom stereocenters. The lowest BCUT2D eigenvalue weighted by molar-refractivity contribution is -0.384. The lowest BCUT2D eigenvalue weighted by Crippen LogP contribution is -2.48. The molecule has 2 aromatic rings. The van der Waals surface area contributed by atoms with Crippen LogP contribution in [0.4, 0.5) is 11.4 Å². The molecule has 31 heavy (non-hydrogen) atoms. The third-order valence-corrected chi connectivity index (χ3v) is 6.01. The summed E-state index contributed by atoms with van der Waals surface area (Å²) < 4.78 is 0.952. The zero-order chi connectivity index (χ0) is 22.5. The molecule has 0 aromatic heterocycles. The van der Waals surface area contributed by atoms with Gasteiger partial charge in [0.1, 0.15) is 5.69 Å². The molecule has 1 atom stereocenters. The van der Waals surface area contributed by atoms with Crippen molar-refractivity contribution in [3.8, 4) is 0 Å². The van der Waals surface area contributed by atoms with Crippen LogP contribution in [0.3, 0.4) is 0 Å². The van der Waals surface area contributed by atoms with Crippen molar-refractivity contribution in [2.45, 2.75) is 26.3 Å². The predicted molar refractivity (Wildman–Crippen MR) is 122 cm³/mol. The van der Waals surface area contributed by atoms with E-state index in [9.17, 15) is 19.7 Å². The standard InChI is InChI=1S/C22H25BrN4O4/c1-3-19(16-4-7-18(23)8-5-16)24-22(29)17-6-9-20(21(14-17)27(30)31)26-12-10-25(11-13-26)15(2)28/h4-9,14,19H,3,10-13H2,1-2H3,(H,24,29)/t19-/m1/s1. The first-order valence-corrected chi connectivity index (χ1v) is 10.9. The first-order chi connectivity index (χ1) is 14.8. The Labute approximate surface area is 189 Å². The van der Waals surface area contributed by atoms with Gasteiger partial charge in [0.05, 0.1) is 11.0 Å². The van der Waals surface area contributed by atoms with Gasteiger partial charge in [-0.2, -0.15) is 0 Å². The van der Waals surface area contributed by atoms with Crippen molar-refractivity contribution >= 4 is 39.1 Å². The van der Waals surface area contributed by atoms with E-state index in [1.54, 1.807) is 17.0 Å². The van der Waals surface area contributed by atoms with Gasteiger partial charge >= 0.3 is 0 Å². The van der Waals surface area contributed by atoms with Crippen molar-refractivity contribution in [2.24, 2.45) is 0 Å². The number of carbonyl (C=O) groups excluding carboxylic acids is 2. The second-order valence-corrected chi connectivity index (χ2v) is 8.36. The number of nitrogens with one attached hydrogen (secondary N) is 1. The third kappa shape index (κ3) is 5.41. The predicted octanol–water partition coefficient (Wildman–Crippen LogP) is 3.91. The highest BCUT2D eigenvalue weighted by Crippen LogP contribution is 2.30. The molecule has 1 heterocycles. The van der Waals surface area contributed by atoms with Crippen LogP contribution in [-0.4, -0.2) is 47.8 Å². The molecule has 1 aliphatic heterocycles. The fraction of sp³-hybridized carbons (Fsp3) is 0.364. The number of amides is 2. The van der Waals surface area contributed by atoms with Crippen LogP contribution in [0.25, 0.3) is 0 Å². The molecule has 0 radical (unpaired) electrons. The summed E-state index contributed by atoms with van der Waals surface area (Å²) in [6.07, 6.45) is 0.688. The van der Waals surface area contributed by atoms with Gasteiger partial charge in [0.25, 0.3) is 11.6 Å². The number of hydrogen-bond acceptors (Lipinski definition) is 5. The van der Waals surface area contributed by atoms with E-state index in [0.717, 1.165) is 10.0 Å². The number of benzene rings is 2. The first kappa shape index (κ1) is 22.7. The molecule has 1 fully saturated rings. The third-order valence-electron chi connectivity index (χ3n) is 5.49. The number of piperazine rings is 1. The van der Waals surface area contributed by atoms with Gasteiger partial charge in [-0.1, -0.05) is 35.0 Å². The van der Waals surface area contributed by atoms with Gasteiger partial charge in [-0.3, -0.25) is 19.7 Å². The Bertz CT molecular complexity index is 972. The van der Waals surface area contributed by atoms with Crippen molar-refractivity contribution in [1.82, 2.24) is 10.2 Å². The second kappa shape index (κ2) is 9.91.